The third kappa shape index (κ3) is 3.11. The van der Waals surface area contributed by atoms with E-state index in [9.17, 15) is 9.59 Å². The molecule has 0 aliphatic heterocycles. The zero-order valence-corrected chi connectivity index (χ0v) is 12.8. The van der Waals surface area contributed by atoms with E-state index in [1.54, 1.807) is 12.3 Å². The van der Waals surface area contributed by atoms with Crippen molar-refractivity contribution in [3.63, 3.8) is 0 Å². The maximum atomic E-state index is 12.4. The van der Waals surface area contributed by atoms with E-state index in [0.717, 1.165) is 18.4 Å². The summed E-state index contributed by atoms with van der Waals surface area (Å²) in [6.07, 6.45) is 3.86. The third-order valence-corrected chi connectivity index (χ3v) is 4.15. The molecule has 1 amide bonds. The lowest BCUT2D eigenvalue weighted by molar-refractivity contribution is 0.0927. The Labute approximate surface area is 129 Å². The van der Waals surface area contributed by atoms with E-state index >= 15 is 0 Å². The van der Waals surface area contributed by atoms with Gasteiger partial charge in [0, 0.05) is 11.8 Å². The van der Waals surface area contributed by atoms with Crippen LogP contribution in [0.1, 0.15) is 57.8 Å². The van der Waals surface area contributed by atoms with Crippen LogP contribution in [0.2, 0.25) is 0 Å². The topological polar surface area (TPSA) is 62.0 Å². The molecule has 22 heavy (non-hydrogen) atoms. The number of carbonyl (C=O) groups is 2. The number of aromatic nitrogens is 1. The highest BCUT2D eigenvalue weighted by molar-refractivity contribution is 5.99. The van der Waals surface area contributed by atoms with Crippen LogP contribution < -0.4 is 5.32 Å². The molecule has 4 nitrogen and oxygen atoms in total. The average molecular weight is 296 g/mol. The van der Waals surface area contributed by atoms with E-state index in [1.165, 1.54) is 12.5 Å². The third-order valence-electron chi connectivity index (χ3n) is 4.15. The summed E-state index contributed by atoms with van der Waals surface area (Å²) < 4.78 is 0. The van der Waals surface area contributed by atoms with Crippen LogP contribution in [-0.4, -0.2) is 16.7 Å². The Morgan fingerprint density at radius 2 is 1.91 bits per heavy atom. The molecular formula is C18H20N2O2. The molecule has 2 aromatic rings. The number of nitrogens with one attached hydrogen (secondary N) is 2. The lowest BCUT2D eigenvalue weighted by atomic mass is 10.0. The minimum absolute atomic E-state index is 0.0391. The normalized spacial score (nSPS) is 15.4. The highest BCUT2D eigenvalue weighted by atomic mass is 16.2. The summed E-state index contributed by atoms with van der Waals surface area (Å²) in [4.78, 5) is 26.6. The van der Waals surface area contributed by atoms with Crippen molar-refractivity contribution in [1.29, 1.82) is 0 Å². The van der Waals surface area contributed by atoms with Crippen molar-refractivity contribution in [2.24, 2.45) is 5.92 Å². The monoisotopic (exact) mass is 296 g/mol. The first-order valence-electron chi connectivity index (χ1n) is 7.61. The molecule has 1 aliphatic carbocycles. The van der Waals surface area contributed by atoms with Crippen molar-refractivity contribution in [3.05, 3.63) is 58.9 Å². The van der Waals surface area contributed by atoms with Crippen molar-refractivity contribution in [2.75, 3.05) is 0 Å². The lowest BCUT2D eigenvalue weighted by Crippen LogP contribution is -2.30. The van der Waals surface area contributed by atoms with E-state index in [1.807, 2.05) is 0 Å². The van der Waals surface area contributed by atoms with Crippen LogP contribution in [0.3, 0.4) is 0 Å². The molecule has 1 atom stereocenters. The van der Waals surface area contributed by atoms with E-state index in [-0.39, 0.29) is 17.7 Å². The number of amides is 1. The standard InChI is InChI=1S/C18H20N2O2/c1-11-3-5-13(6-4-11)17(14-7-8-14)20-18(22)16-9-15(10-19-16)12(2)21/h3-6,9-10,14,17,19H,7-8H2,1-2H3,(H,20,22). The molecule has 1 aromatic heterocycles. The van der Waals surface area contributed by atoms with E-state index in [2.05, 4.69) is 41.5 Å². The summed E-state index contributed by atoms with van der Waals surface area (Å²) in [6, 6.07) is 9.94. The number of ketones is 1. The van der Waals surface area contributed by atoms with E-state index in [0.29, 0.717) is 17.2 Å². The Morgan fingerprint density at radius 1 is 1.23 bits per heavy atom. The molecule has 2 N–H and O–H groups in total. The molecule has 0 bridgehead atoms. The van der Waals surface area contributed by atoms with Gasteiger partial charge in [-0.3, -0.25) is 9.59 Å². The molecule has 0 spiro atoms. The number of benzene rings is 1. The molecule has 1 saturated carbocycles. The van der Waals surface area contributed by atoms with Crippen LogP contribution in [0.4, 0.5) is 0 Å². The van der Waals surface area contributed by atoms with Crippen molar-refractivity contribution in [2.45, 2.75) is 32.7 Å². The Balaban J connectivity index is 1.77. The summed E-state index contributed by atoms with van der Waals surface area (Å²) in [5.74, 6) is 0.298. The quantitative estimate of drug-likeness (QED) is 0.831. The second-order valence-corrected chi connectivity index (χ2v) is 6.06. The molecular weight excluding hydrogens is 276 g/mol. The van der Waals surface area contributed by atoms with Crippen LogP contribution >= 0.6 is 0 Å². The molecule has 1 aliphatic rings. The number of hydrogen-bond donors (Lipinski definition) is 2. The van der Waals surface area contributed by atoms with Gasteiger partial charge in [0.15, 0.2) is 5.78 Å². The van der Waals surface area contributed by atoms with Gasteiger partial charge in [-0.2, -0.15) is 0 Å². The van der Waals surface area contributed by atoms with Crippen molar-refractivity contribution in [1.82, 2.24) is 10.3 Å². The van der Waals surface area contributed by atoms with Gasteiger partial charge >= 0.3 is 0 Å². The van der Waals surface area contributed by atoms with Gasteiger partial charge in [-0.25, -0.2) is 0 Å². The number of rotatable bonds is 5. The first-order valence-corrected chi connectivity index (χ1v) is 7.61. The van der Waals surface area contributed by atoms with Crippen LogP contribution in [0, 0.1) is 12.8 Å². The molecule has 0 radical (unpaired) electrons. The largest absolute Gasteiger partial charge is 0.356 e. The number of H-pyrrole nitrogens is 1. The van der Waals surface area contributed by atoms with Crippen LogP contribution in [0.25, 0.3) is 0 Å². The van der Waals surface area contributed by atoms with Gasteiger partial charge in [0.05, 0.1) is 6.04 Å². The molecule has 0 saturated heterocycles. The first kappa shape index (κ1) is 14.6. The predicted octanol–water partition coefficient (Wildman–Crippen LogP) is 3.41. The summed E-state index contributed by atoms with van der Waals surface area (Å²) in [5.41, 5.74) is 3.31. The van der Waals surface area contributed by atoms with E-state index < -0.39 is 0 Å². The number of Topliss-reactive ketones (excluding diaryl/α,β-unsaturated/α-hetero) is 1. The summed E-state index contributed by atoms with van der Waals surface area (Å²) in [5, 5.41) is 3.10. The highest BCUT2D eigenvalue weighted by Crippen LogP contribution is 2.41. The van der Waals surface area contributed by atoms with Gasteiger partial charge in [-0.1, -0.05) is 29.8 Å². The fraction of sp³-hybridized carbons (Fsp3) is 0.333. The van der Waals surface area contributed by atoms with Crippen molar-refractivity contribution < 1.29 is 9.59 Å². The summed E-state index contributed by atoms with van der Waals surface area (Å²) in [6.45, 7) is 3.54. The lowest BCUT2D eigenvalue weighted by Gasteiger charge is -2.18. The number of aryl methyl sites for hydroxylation is 1. The van der Waals surface area contributed by atoms with E-state index in [4.69, 9.17) is 0 Å². The second-order valence-electron chi connectivity index (χ2n) is 6.06. The van der Waals surface area contributed by atoms with Gasteiger partial charge in [-0.15, -0.1) is 0 Å². The average Bonchev–Trinajstić information content (AvgIpc) is 3.20. The van der Waals surface area contributed by atoms with Crippen molar-refractivity contribution in [3.8, 4) is 0 Å². The van der Waals surface area contributed by atoms with Crippen LogP contribution in [0.15, 0.2) is 36.5 Å². The summed E-state index contributed by atoms with van der Waals surface area (Å²) in [7, 11) is 0. The zero-order chi connectivity index (χ0) is 15.7. The maximum Gasteiger partial charge on any atom is 0.268 e. The molecule has 3 rings (SSSR count). The fourth-order valence-electron chi connectivity index (χ4n) is 2.62. The highest BCUT2D eigenvalue weighted by Gasteiger charge is 2.33. The van der Waals surface area contributed by atoms with Gasteiger partial charge in [0.25, 0.3) is 5.91 Å². The SMILES string of the molecule is CC(=O)c1c[nH]c(C(=O)NC(c2ccc(C)cc2)C2CC2)c1. The minimum Gasteiger partial charge on any atom is -0.356 e. The number of hydrogen-bond acceptors (Lipinski definition) is 2. The van der Waals surface area contributed by atoms with Crippen molar-refractivity contribution >= 4 is 11.7 Å². The Morgan fingerprint density at radius 3 is 2.45 bits per heavy atom. The number of carbonyl (C=O) groups excluding carboxylic acids is 2. The predicted molar refractivity (Wildman–Crippen MR) is 84.9 cm³/mol. The zero-order valence-electron chi connectivity index (χ0n) is 12.8. The molecule has 1 fully saturated rings. The van der Waals surface area contributed by atoms with Gasteiger partial charge in [0.2, 0.25) is 0 Å². The smallest absolute Gasteiger partial charge is 0.268 e. The molecule has 1 aromatic carbocycles. The number of aromatic amines is 1. The Hall–Kier alpha value is -2.36. The van der Waals surface area contributed by atoms with Gasteiger partial charge < -0.3 is 10.3 Å². The first-order chi connectivity index (χ1) is 10.5. The summed E-state index contributed by atoms with van der Waals surface area (Å²) >= 11 is 0. The van der Waals surface area contributed by atoms with Gasteiger partial charge in [0.1, 0.15) is 5.69 Å². The molecule has 1 heterocycles. The molecule has 4 heteroatoms. The van der Waals surface area contributed by atoms with Gasteiger partial charge in [-0.05, 0) is 44.2 Å². The van der Waals surface area contributed by atoms with Crippen LogP contribution in [-0.2, 0) is 0 Å². The maximum absolute atomic E-state index is 12.4. The second kappa shape index (κ2) is 5.79. The fourth-order valence-corrected chi connectivity index (χ4v) is 2.62. The van der Waals surface area contributed by atoms with Crippen LogP contribution in [0.5, 0.6) is 0 Å². The minimum atomic E-state index is -0.162. The molecule has 114 valence electrons. The Kier molecular flexibility index (Phi) is 3.84. The molecule has 1 unspecified atom stereocenters. The Bertz CT molecular complexity index is 696.